The van der Waals surface area contributed by atoms with Crippen molar-refractivity contribution in [2.75, 3.05) is 4.90 Å². The van der Waals surface area contributed by atoms with E-state index in [1.54, 1.807) is 29.2 Å². The van der Waals surface area contributed by atoms with E-state index in [2.05, 4.69) is 0 Å². The number of rotatable bonds is 1. The number of hydrogen-bond acceptors (Lipinski definition) is 2. The molecule has 3 nitrogen and oxygen atoms in total. The molecule has 2 aromatic rings. The lowest BCUT2D eigenvalue weighted by Crippen LogP contribution is -2.43. The molecule has 0 aliphatic carbocycles. The predicted molar refractivity (Wildman–Crippen MR) is 88.5 cm³/mol. The van der Waals surface area contributed by atoms with Crippen LogP contribution in [-0.2, 0) is 0 Å². The molecule has 1 unspecified atom stereocenters. The van der Waals surface area contributed by atoms with Crippen LogP contribution in [0.15, 0.2) is 42.5 Å². The van der Waals surface area contributed by atoms with Crippen molar-refractivity contribution in [2.24, 2.45) is 0 Å². The average Bonchev–Trinajstić information content (AvgIpc) is 2.48. The molecule has 2 aromatic carbocycles. The number of halogens is 1. The van der Waals surface area contributed by atoms with Crippen LogP contribution in [0.25, 0.3) is 0 Å². The van der Waals surface area contributed by atoms with E-state index in [0.29, 0.717) is 17.0 Å². The highest BCUT2D eigenvalue weighted by Gasteiger charge is 2.33. The molecule has 1 N–H and O–H groups in total. The van der Waals surface area contributed by atoms with E-state index in [1.807, 2.05) is 32.0 Å². The third-order valence-electron chi connectivity index (χ3n) is 4.12. The first kappa shape index (κ1) is 15.1. The summed E-state index contributed by atoms with van der Waals surface area (Å²) < 4.78 is 0. The molecule has 0 aromatic heterocycles. The molecule has 1 aliphatic heterocycles. The van der Waals surface area contributed by atoms with Crippen molar-refractivity contribution in [3.63, 3.8) is 0 Å². The third-order valence-corrected chi connectivity index (χ3v) is 4.37. The van der Waals surface area contributed by atoms with Crippen molar-refractivity contribution in [2.45, 2.75) is 32.4 Å². The van der Waals surface area contributed by atoms with E-state index in [-0.39, 0.29) is 11.9 Å². The van der Waals surface area contributed by atoms with Gasteiger partial charge in [-0.1, -0.05) is 29.3 Å². The van der Waals surface area contributed by atoms with Crippen molar-refractivity contribution in [1.82, 2.24) is 0 Å². The zero-order chi connectivity index (χ0) is 15.9. The number of aliphatic hydroxyl groups excluding tert-OH is 1. The Bertz CT molecular complexity index is 712. The fourth-order valence-electron chi connectivity index (χ4n) is 2.99. The van der Waals surface area contributed by atoms with E-state index < -0.39 is 6.10 Å². The zero-order valence-electron chi connectivity index (χ0n) is 12.6. The number of nitrogens with zero attached hydrogens (tertiary/aromatic N) is 1. The van der Waals surface area contributed by atoms with Crippen LogP contribution in [0.3, 0.4) is 0 Å². The molecule has 1 amide bonds. The molecule has 0 radical (unpaired) electrons. The summed E-state index contributed by atoms with van der Waals surface area (Å²) >= 11 is 5.89. The van der Waals surface area contributed by atoms with Gasteiger partial charge in [-0.2, -0.15) is 0 Å². The summed E-state index contributed by atoms with van der Waals surface area (Å²) in [5.74, 6) is -0.0684. The first-order chi connectivity index (χ1) is 10.5. The summed E-state index contributed by atoms with van der Waals surface area (Å²) in [7, 11) is 0. The zero-order valence-corrected chi connectivity index (χ0v) is 13.3. The van der Waals surface area contributed by atoms with Crippen molar-refractivity contribution in [1.29, 1.82) is 0 Å². The second-order valence-corrected chi connectivity index (χ2v) is 6.28. The number of carbonyl (C=O) groups is 1. The lowest BCUT2D eigenvalue weighted by atomic mass is 9.92. The van der Waals surface area contributed by atoms with Gasteiger partial charge in [-0.25, -0.2) is 0 Å². The molecular formula is C18H18ClNO2. The molecule has 0 spiro atoms. The van der Waals surface area contributed by atoms with Gasteiger partial charge in [0.25, 0.3) is 5.91 Å². The molecule has 1 aliphatic rings. The first-order valence-corrected chi connectivity index (χ1v) is 7.73. The molecule has 3 rings (SSSR count). The van der Waals surface area contributed by atoms with E-state index >= 15 is 0 Å². The van der Waals surface area contributed by atoms with Gasteiger partial charge in [0.2, 0.25) is 0 Å². The molecule has 0 fully saturated rings. The third kappa shape index (κ3) is 2.62. The number of aliphatic hydroxyl groups is 1. The standard InChI is InChI=1S/C18H18ClNO2/c1-11-3-8-16-15(9-11)17(21)10-12(2)20(16)18(22)13-4-6-14(19)7-5-13/h3-9,12,17,21H,10H2,1-2H3/t12?,17-/m1/s1. The fourth-order valence-corrected chi connectivity index (χ4v) is 3.12. The van der Waals surface area contributed by atoms with Crippen molar-refractivity contribution in [3.8, 4) is 0 Å². The monoisotopic (exact) mass is 315 g/mol. The van der Waals surface area contributed by atoms with Crippen LogP contribution in [0.5, 0.6) is 0 Å². The van der Waals surface area contributed by atoms with Gasteiger partial charge in [0.1, 0.15) is 0 Å². The number of aryl methyl sites for hydroxylation is 1. The van der Waals surface area contributed by atoms with Gasteiger partial charge < -0.3 is 10.0 Å². The van der Waals surface area contributed by atoms with Crippen molar-refractivity contribution in [3.05, 3.63) is 64.2 Å². The normalized spacial score (nSPS) is 20.6. The Morgan fingerprint density at radius 3 is 2.59 bits per heavy atom. The molecule has 1 heterocycles. The van der Waals surface area contributed by atoms with Crippen LogP contribution >= 0.6 is 11.6 Å². The molecule has 4 heteroatoms. The maximum atomic E-state index is 12.9. The van der Waals surface area contributed by atoms with Gasteiger partial charge in [0.15, 0.2) is 0 Å². The maximum absolute atomic E-state index is 12.9. The number of benzene rings is 2. The Kier molecular flexibility index (Phi) is 3.94. The number of anilines is 1. The van der Waals surface area contributed by atoms with E-state index in [4.69, 9.17) is 11.6 Å². The lowest BCUT2D eigenvalue weighted by molar-refractivity contribution is 0.0949. The Labute approximate surface area is 135 Å². The Morgan fingerprint density at radius 1 is 1.23 bits per heavy atom. The Hall–Kier alpha value is -1.84. The summed E-state index contributed by atoms with van der Waals surface area (Å²) in [6.45, 7) is 3.94. The highest BCUT2D eigenvalue weighted by Crippen LogP contribution is 2.38. The van der Waals surface area contributed by atoms with Crippen LogP contribution < -0.4 is 4.90 Å². The summed E-state index contributed by atoms with van der Waals surface area (Å²) in [6.07, 6.45) is 0.00893. The van der Waals surface area contributed by atoms with Crippen LogP contribution in [0.1, 0.15) is 40.9 Å². The minimum absolute atomic E-state index is 0.0617. The SMILES string of the molecule is Cc1ccc2c(c1)[C@H](O)CC(C)N2C(=O)c1ccc(Cl)cc1. The van der Waals surface area contributed by atoms with Crippen LogP contribution in [-0.4, -0.2) is 17.1 Å². The summed E-state index contributed by atoms with van der Waals surface area (Å²) in [6, 6.07) is 12.7. The number of fused-ring (bicyclic) bond motifs is 1. The van der Waals surface area contributed by atoms with E-state index in [9.17, 15) is 9.90 Å². The van der Waals surface area contributed by atoms with Gasteiger partial charge >= 0.3 is 0 Å². The molecule has 0 bridgehead atoms. The summed E-state index contributed by atoms with van der Waals surface area (Å²) in [5, 5.41) is 10.9. The number of amides is 1. The molecule has 22 heavy (non-hydrogen) atoms. The van der Waals surface area contributed by atoms with Gasteiger partial charge in [-0.05, 0) is 50.6 Å². The van der Waals surface area contributed by atoms with Gasteiger partial charge in [-0.15, -0.1) is 0 Å². The molecule has 0 saturated heterocycles. The molecular weight excluding hydrogens is 298 g/mol. The van der Waals surface area contributed by atoms with Crippen LogP contribution in [0.2, 0.25) is 5.02 Å². The smallest absolute Gasteiger partial charge is 0.258 e. The summed E-state index contributed by atoms with van der Waals surface area (Å²) in [5.41, 5.74) is 3.28. The highest BCUT2D eigenvalue weighted by molar-refractivity contribution is 6.30. The summed E-state index contributed by atoms with van der Waals surface area (Å²) in [4.78, 5) is 14.6. The number of hydrogen-bond donors (Lipinski definition) is 1. The maximum Gasteiger partial charge on any atom is 0.258 e. The van der Waals surface area contributed by atoms with Crippen LogP contribution in [0.4, 0.5) is 5.69 Å². The van der Waals surface area contributed by atoms with Crippen LogP contribution in [0, 0.1) is 6.92 Å². The lowest BCUT2D eigenvalue weighted by Gasteiger charge is -2.38. The topological polar surface area (TPSA) is 40.5 Å². The van der Waals surface area contributed by atoms with Gasteiger partial charge in [0, 0.05) is 22.2 Å². The van der Waals surface area contributed by atoms with E-state index in [1.165, 1.54) is 0 Å². The fraction of sp³-hybridized carbons (Fsp3) is 0.278. The minimum Gasteiger partial charge on any atom is -0.388 e. The van der Waals surface area contributed by atoms with Crippen molar-refractivity contribution >= 4 is 23.2 Å². The van der Waals surface area contributed by atoms with E-state index in [0.717, 1.165) is 16.8 Å². The molecule has 2 atom stereocenters. The van der Waals surface area contributed by atoms with Gasteiger partial charge in [0.05, 0.1) is 11.8 Å². The second kappa shape index (κ2) is 5.75. The minimum atomic E-state index is -0.529. The molecule has 114 valence electrons. The second-order valence-electron chi connectivity index (χ2n) is 5.84. The van der Waals surface area contributed by atoms with Crippen molar-refractivity contribution < 1.29 is 9.90 Å². The highest BCUT2D eigenvalue weighted by atomic mass is 35.5. The number of carbonyl (C=O) groups excluding carboxylic acids is 1. The first-order valence-electron chi connectivity index (χ1n) is 7.35. The average molecular weight is 316 g/mol. The Balaban J connectivity index is 2.04. The Morgan fingerprint density at radius 2 is 1.91 bits per heavy atom. The quantitative estimate of drug-likeness (QED) is 0.860. The largest absolute Gasteiger partial charge is 0.388 e. The van der Waals surface area contributed by atoms with Gasteiger partial charge in [-0.3, -0.25) is 4.79 Å². The molecule has 0 saturated carbocycles. The predicted octanol–water partition coefficient (Wildman–Crippen LogP) is 4.12.